The standard InChI is InChI=1S/C25H31NO6/c1-7-19(12-8-17(2)9-15-22(27)31-6)20-13-10-18(11-14-20)16-21(23(28)29)26-24(30)32-25(3,4)5/h7-15,21H,1,16H2,2-6H3,(H,26,30)(H,28,29)/b15-9-,17-8+,19-12+/t21-/m0/s1. The van der Waals surface area contributed by atoms with Crippen LogP contribution in [0.4, 0.5) is 4.79 Å². The van der Waals surface area contributed by atoms with Gasteiger partial charge in [0.05, 0.1) is 7.11 Å². The predicted octanol–water partition coefficient (Wildman–Crippen LogP) is 4.45. The van der Waals surface area contributed by atoms with Gasteiger partial charge in [-0.3, -0.25) is 0 Å². The molecule has 7 heteroatoms. The highest BCUT2D eigenvalue weighted by Crippen LogP contribution is 2.18. The number of methoxy groups -OCH3 is 1. The molecule has 0 unspecified atom stereocenters. The lowest BCUT2D eigenvalue weighted by Gasteiger charge is -2.22. The third kappa shape index (κ3) is 9.93. The number of alkyl carbamates (subject to hydrolysis) is 1. The summed E-state index contributed by atoms with van der Waals surface area (Å²) in [4.78, 5) is 34.6. The SMILES string of the molecule is C=C\C(=C/C=C(C)/C=C\C(=O)OC)c1ccc(C[C@H](NC(=O)OC(C)(C)C)C(=O)O)cc1. The van der Waals surface area contributed by atoms with Gasteiger partial charge in [0.1, 0.15) is 11.6 Å². The van der Waals surface area contributed by atoms with Gasteiger partial charge in [-0.25, -0.2) is 14.4 Å². The van der Waals surface area contributed by atoms with Crippen LogP contribution in [0.2, 0.25) is 0 Å². The van der Waals surface area contributed by atoms with Crippen LogP contribution in [0.1, 0.15) is 38.8 Å². The second-order valence-corrected chi connectivity index (χ2v) is 8.03. The number of carbonyl (C=O) groups excluding carboxylic acids is 2. The van der Waals surface area contributed by atoms with Crippen molar-refractivity contribution >= 4 is 23.6 Å². The second kappa shape index (κ2) is 12.3. The van der Waals surface area contributed by atoms with Gasteiger partial charge in [-0.05, 0) is 44.4 Å². The Morgan fingerprint density at radius 2 is 1.75 bits per heavy atom. The molecule has 0 bridgehead atoms. The van der Waals surface area contributed by atoms with Crippen LogP contribution in [0.5, 0.6) is 0 Å². The minimum absolute atomic E-state index is 0.110. The molecule has 0 aliphatic rings. The highest BCUT2D eigenvalue weighted by Gasteiger charge is 2.24. The van der Waals surface area contributed by atoms with E-state index in [1.165, 1.54) is 13.2 Å². The summed E-state index contributed by atoms with van der Waals surface area (Å²) in [6.07, 6.45) is 7.73. The number of rotatable bonds is 9. The largest absolute Gasteiger partial charge is 0.480 e. The molecule has 1 aromatic carbocycles. The summed E-state index contributed by atoms with van der Waals surface area (Å²) < 4.78 is 9.70. The van der Waals surface area contributed by atoms with Gasteiger partial charge >= 0.3 is 18.0 Å². The molecule has 32 heavy (non-hydrogen) atoms. The van der Waals surface area contributed by atoms with Crippen molar-refractivity contribution < 1.29 is 29.0 Å². The van der Waals surface area contributed by atoms with Crippen LogP contribution in [-0.2, 0) is 25.5 Å². The minimum atomic E-state index is -1.15. The van der Waals surface area contributed by atoms with Gasteiger partial charge < -0.3 is 19.9 Å². The van der Waals surface area contributed by atoms with E-state index in [9.17, 15) is 19.5 Å². The third-order valence-corrected chi connectivity index (χ3v) is 4.15. The van der Waals surface area contributed by atoms with Crippen LogP contribution in [0.15, 0.2) is 66.8 Å². The maximum absolute atomic E-state index is 11.9. The summed E-state index contributed by atoms with van der Waals surface area (Å²) in [5.41, 5.74) is 2.61. The van der Waals surface area contributed by atoms with E-state index >= 15 is 0 Å². The fourth-order valence-electron chi connectivity index (χ4n) is 2.55. The molecule has 7 nitrogen and oxygen atoms in total. The monoisotopic (exact) mass is 441 g/mol. The second-order valence-electron chi connectivity index (χ2n) is 8.03. The van der Waals surface area contributed by atoms with E-state index < -0.39 is 29.7 Å². The summed E-state index contributed by atoms with van der Waals surface area (Å²) >= 11 is 0. The Bertz CT molecular complexity index is 917. The first-order valence-electron chi connectivity index (χ1n) is 10.0. The number of hydrogen-bond donors (Lipinski definition) is 2. The fourth-order valence-corrected chi connectivity index (χ4v) is 2.55. The van der Waals surface area contributed by atoms with E-state index in [-0.39, 0.29) is 6.42 Å². The van der Waals surface area contributed by atoms with Gasteiger partial charge in [-0.15, -0.1) is 0 Å². The topological polar surface area (TPSA) is 102 Å². The molecule has 0 aliphatic carbocycles. The summed E-state index contributed by atoms with van der Waals surface area (Å²) in [5.74, 6) is -1.57. The van der Waals surface area contributed by atoms with Gasteiger partial charge in [0, 0.05) is 12.5 Å². The van der Waals surface area contributed by atoms with Gasteiger partial charge in [0.2, 0.25) is 0 Å². The molecule has 172 valence electrons. The van der Waals surface area contributed by atoms with Crippen LogP contribution in [0, 0.1) is 0 Å². The fraction of sp³-hybridized carbons (Fsp3) is 0.320. The smallest absolute Gasteiger partial charge is 0.408 e. The van der Waals surface area contributed by atoms with Crippen LogP contribution in [0.25, 0.3) is 5.57 Å². The Hall–Kier alpha value is -3.61. The van der Waals surface area contributed by atoms with E-state index in [1.54, 1.807) is 45.1 Å². The Morgan fingerprint density at radius 1 is 1.12 bits per heavy atom. The highest BCUT2D eigenvalue weighted by atomic mass is 16.6. The first-order chi connectivity index (χ1) is 14.9. The van der Waals surface area contributed by atoms with Crippen molar-refractivity contribution in [3.63, 3.8) is 0 Å². The lowest BCUT2D eigenvalue weighted by molar-refractivity contribution is -0.139. The summed E-state index contributed by atoms with van der Waals surface area (Å²) in [5, 5.41) is 11.8. The zero-order valence-electron chi connectivity index (χ0n) is 19.2. The van der Waals surface area contributed by atoms with Crippen molar-refractivity contribution in [3.8, 4) is 0 Å². The van der Waals surface area contributed by atoms with Crippen molar-refractivity contribution in [2.45, 2.75) is 45.8 Å². The quantitative estimate of drug-likeness (QED) is 0.333. The van der Waals surface area contributed by atoms with Gasteiger partial charge in [-0.2, -0.15) is 0 Å². The number of nitrogens with one attached hydrogen (secondary N) is 1. The third-order valence-electron chi connectivity index (χ3n) is 4.15. The van der Waals surface area contributed by atoms with Crippen LogP contribution < -0.4 is 5.32 Å². The Morgan fingerprint density at radius 3 is 2.25 bits per heavy atom. The van der Waals surface area contributed by atoms with E-state index in [0.717, 1.165) is 22.3 Å². The molecule has 2 N–H and O–H groups in total. The number of amides is 1. The van der Waals surface area contributed by atoms with Gasteiger partial charge in [-0.1, -0.05) is 60.7 Å². The Labute approximate surface area is 189 Å². The zero-order chi connectivity index (χ0) is 24.3. The van der Waals surface area contributed by atoms with Crippen molar-refractivity contribution in [2.24, 2.45) is 0 Å². The number of esters is 1. The molecule has 0 saturated carbocycles. The molecule has 0 heterocycles. The first kappa shape index (κ1) is 26.4. The lowest BCUT2D eigenvalue weighted by atomic mass is 10.00. The minimum Gasteiger partial charge on any atom is -0.480 e. The molecule has 1 aromatic rings. The van der Waals surface area contributed by atoms with E-state index in [2.05, 4.69) is 16.6 Å². The maximum Gasteiger partial charge on any atom is 0.408 e. The number of benzene rings is 1. The number of carboxylic acids is 1. The Kier molecular flexibility index (Phi) is 10.2. The molecule has 1 rings (SSSR count). The number of carbonyl (C=O) groups is 3. The van der Waals surface area contributed by atoms with Crippen molar-refractivity contribution in [3.05, 3.63) is 77.9 Å². The summed E-state index contributed by atoms with van der Waals surface area (Å²) in [7, 11) is 1.32. The van der Waals surface area contributed by atoms with Crippen LogP contribution >= 0.6 is 0 Å². The predicted molar refractivity (Wildman–Crippen MR) is 124 cm³/mol. The Balaban J connectivity index is 2.91. The van der Waals surface area contributed by atoms with Gasteiger partial charge in [0.25, 0.3) is 0 Å². The molecule has 1 atom stereocenters. The highest BCUT2D eigenvalue weighted by molar-refractivity contribution is 5.82. The molecular formula is C25H31NO6. The average Bonchev–Trinajstić information content (AvgIpc) is 2.71. The number of carboxylic acid groups (broad SMARTS) is 1. The van der Waals surface area contributed by atoms with Crippen LogP contribution in [-0.4, -0.2) is 41.9 Å². The molecule has 0 spiro atoms. The molecule has 0 aliphatic heterocycles. The zero-order valence-corrected chi connectivity index (χ0v) is 19.2. The van der Waals surface area contributed by atoms with Crippen molar-refractivity contribution in [1.82, 2.24) is 5.32 Å². The lowest BCUT2D eigenvalue weighted by Crippen LogP contribution is -2.44. The van der Waals surface area contributed by atoms with Crippen LogP contribution in [0.3, 0.4) is 0 Å². The number of ether oxygens (including phenoxy) is 2. The number of aliphatic carboxylic acids is 1. The maximum atomic E-state index is 11.9. The molecule has 0 aromatic heterocycles. The first-order valence-corrected chi connectivity index (χ1v) is 10.0. The van der Waals surface area contributed by atoms with E-state index in [4.69, 9.17) is 4.74 Å². The van der Waals surface area contributed by atoms with Gasteiger partial charge in [0.15, 0.2) is 0 Å². The molecular weight excluding hydrogens is 410 g/mol. The van der Waals surface area contributed by atoms with Crippen molar-refractivity contribution in [1.29, 1.82) is 0 Å². The molecule has 0 radical (unpaired) electrons. The summed E-state index contributed by atoms with van der Waals surface area (Å²) in [6.45, 7) is 10.8. The average molecular weight is 442 g/mol. The summed E-state index contributed by atoms with van der Waals surface area (Å²) in [6, 6.07) is 6.18. The number of allylic oxidation sites excluding steroid dienone is 6. The molecule has 0 fully saturated rings. The van der Waals surface area contributed by atoms with E-state index in [1.807, 2.05) is 31.2 Å². The van der Waals surface area contributed by atoms with Crippen molar-refractivity contribution in [2.75, 3.05) is 7.11 Å². The molecule has 0 saturated heterocycles. The normalized spacial score (nSPS) is 13.4. The van der Waals surface area contributed by atoms with E-state index in [0.29, 0.717) is 0 Å². The number of hydrogen-bond acceptors (Lipinski definition) is 5. The molecule has 1 amide bonds.